The predicted octanol–water partition coefficient (Wildman–Crippen LogP) is -23.0. The molecular formula is C71H118N4O54. The first-order valence-corrected chi connectivity index (χ1v) is 40.8. The number of ether oxygens (including phenoxy) is 19. The van der Waals surface area contributed by atoms with Gasteiger partial charge in [-0.2, -0.15) is 0 Å². The molecule has 4 amide bonds. The summed E-state index contributed by atoms with van der Waals surface area (Å²) < 4.78 is 112. The molecule has 0 aromatic carbocycles. The summed E-state index contributed by atoms with van der Waals surface area (Å²) in [5.41, 5.74) is 0. The van der Waals surface area contributed by atoms with E-state index in [2.05, 4.69) is 21.3 Å². The number of aliphatic hydroxyl groups excluding tert-OH is 29. The van der Waals surface area contributed by atoms with Crippen molar-refractivity contribution in [3.05, 3.63) is 0 Å². The number of hydrogen-bond acceptors (Lipinski definition) is 53. The lowest BCUT2D eigenvalue weighted by Crippen LogP contribution is -2.71. The first-order chi connectivity index (χ1) is 60.9. The van der Waals surface area contributed by atoms with Gasteiger partial charge in [-0.25, -0.2) is 4.79 Å². The van der Waals surface area contributed by atoms with Gasteiger partial charge in [0.1, 0.15) is 238 Å². The first-order valence-electron chi connectivity index (χ1n) is 40.8. The van der Waals surface area contributed by atoms with Crippen molar-refractivity contribution in [3.63, 3.8) is 0 Å². The second-order valence-corrected chi connectivity index (χ2v) is 32.4. The van der Waals surface area contributed by atoms with Gasteiger partial charge in [-0.3, -0.25) is 19.2 Å². The second kappa shape index (κ2) is 46.1. The molecule has 10 aliphatic heterocycles. The van der Waals surface area contributed by atoms with E-state index in [1.807, 2.05) is 0 Å². The molecule has 10 heterocycles. The highest BCUT2D eigenvalue weighted by Crippen LogP contribution is 2.43. The van der Waals surface area contributed by atoms with Crippen LogP contribution in [-0.4, -0.2) is 561 Å². The molecule has 0 saturated carbocycles. The van der Waals surface area contributed by atoms with Crippen molar-refractivity contribution < 1.29 is 267 Å². The molecule has 0 aromatic heterocycles. The average Bonchev–Trinajstić information content (AvgIpc) is 0.692. The first kappa shape index (κ1) is 106. The molecule has 34 N–H and O–H groups in total. The van der Waals surface area contributed by atoms with Gasteiger partial charge in [0.25, 0.3) is 5.79 Å². The maximum absolute atomic E-state index is 13.3. The van der Waals surface area contributed by atoms with Crippen molar-refractivity contribution in [3.8, 4) is 0 Å². The summed E-state index contributed by atoms with van der Waals surface area (Å²) in [6.07, 6.45) is -101. The van der Waals surface area contributed by atoms with Crippen LogP contribution in [0.25, 0.3) is 0 Å². The highest BCUT2D eigenvalue weighted by atomic mass is 16.8. The third-order valence-electron chi connectivity index (χ3n) is 23.5. The van der Waals surface area contributed by atoms with Crippen LogP contribution in [0, 0.1) is 0 Å². The van der Waals surface area contributed by atoms with Gasteiger partial charge in [0.2, 0.25) is 23.6 Å². The molecule has 10 fully saturated rings. The van der Waals surface area contributed by atoms with Crippen LogP contribution in [0.3, 0.4) is 0 Å². The Hall–Kier alpha value is -4.57. The van der Waals surface area contributed by atoms with Gasteiger partial charge < -0.3 is 264 Å². The van der Waals surface area contributed by atoms with Gasteiger partial charge >= 0.3 is 5.97 Å². The van der Waals surface area contributed by atoms with Gasteiger partial charge in [-0.05, 0) is 6.92 Å². The van der Waals surface area contributed by atoms with Crippen LogP contribution in [-0.2, 0) is 114 Å². The van der Waals surface area contributed by atoms with Crippen molar-refractivity contribution in [2.45, 2.75) is 347 Å². The van der Waals surface area contributed by atoms with Gasteiger partial charge in [-0.15, -0.1) is 0 Å². The zero-order valence-corrected chi connectivity index (χ0v) is 68.9. The fourth-order valence-corrected chi connectivity index (χ4v) is 16.5. The van der Waals surface area contributed by atoms with E-state index in [1.165, 1.54) is 6.92 Å². The zero-order chi connectivity index (χ0) is 95.3. The van der Waals surface area contributed by atoms with Crippen molar-refractivity contribution in [2.24, 2.45) is 0 Å². The van der Waals surface area contributed by atoms with E-state index in [0.29, 0.717) is 0 Å². The minimum absolute atomic E-state index is 0.847. The fraction of sp³-hybridized carbons (Fsp3) is 0.930. The van der Waals surface area contributed by atoms with Crippen LogP contribution in [0.2, 0.25) is 0 Å². The van der Waals surface area contributed by atoms with E-state index in [4.69, 9.17) is 90.0 Å². The highest BCUT2D eigenvalue weighted by Gasteiger charge is 2.64. The van der Waals surface area contributed by atoms with Crippen LogP contribution in [0.1, 0.15) is 34.1 Å². The maximum atomic E-state index is 13.3. The lowest BCUT2D eigenvalue weighted by atomic mass is 9.88. The number of carboxylic acid groups (broad SMARTS) is 1. The van der Waals surface area contributed by atoms with E-state index >= 15 is 0 Å². The number of aliphatic hydroxyl groups is 29. The Balaban J connectivity index is 0.955. The number of nitrogens with one attached hydrogen (secondary N) is 4. The molecule has 0 aliphatic carbocycles. The minimum Gasteiger partial charge on any atom is -0.477 e. The van der Waals surface area contributed by atoms with Crippen molar-refractivity contribution in [1.29, 1.82) is 0 Å². The second-order valence-electron chi connectivity index (χ2n) is 32.4. The number of amides is 4. The molecule has 0 spiro atoms. The van der Waals surface area contributed by atoms with Gasteiger partial charge in [-0.1, -0.05) is 0 Å². The molecule has 10 rings (SSSR count). The molecule has 0 radical (unpaired) electrons. The molecule has 10 aliphatic rings. The Labute approximate surface area is 728 Å². The smallest absolute Gasteiger partial charge is 0.364 e. The normalized spacial score (nSPS) is 48.1. The molecule has 129 heavy (non-hydrogen) atoms. The highest BCUT2D eigenvalue weighted by molar-refractivity contribution is 5.78. The summed E-state index contributed by atoms with van der Waals surface area (Å²) in [6, 6.07) is -7.88. The van der Waals surface area contributed by atoms with Crippen molar-refractivity contribution >= 4 is 29.6 Å². The number of hydrogen-bond donors (Lipinski definition) is 34. The summed E-state index contributed by atoms with van der Waals surface area (Å²) in [5.74, 6) is -9.79. The zero-order valence-electron chi connectivity index (χ0n) is 68.9. The van der Waals surface area contributed by atoms with E-state index < -0.39 is 414 Å². The summed E-state index contributed by atoms with van der Waals surface area (Å²) in [7, 11) is 0. The standard InChI is InChI=1S/C71H118N4O54/c1-16-35(90)45(100)48(103)64(113-16)112-15-29-55(42(97)32(61(108)114-29)72-17(2)84)122-62-33(73-18(3)85)43(98)53(26(11-81)119-62)123-67-51(106)58(41(96)28(121-67)14-111-65-50(105)57(39(94)24(9-79)115-65)125-66-49(104)46(101)37(92)22(7-77)116-66)126-69-60(47(102)38(93)23(8-78)118-69)127-63-34(74-19(4)86)44(99)54(27(12-82)120-63)124-68-52(107)59(40(95)25(10-80)117-68)129-71(70(109)110)5-20(87)31(75-30(89)13-83)56(128-71)36(91)21(88)6-76/h16,20-29,31-69,76-83,87-88,90-108H,5-15H2,1-4H3,(H,72,84)(H,73,85)(H,74,86)(H,75,89)(H,109,110)/t16-,20+,21-,22-,23-,24-,25-,26-,27-,28-,29-,31-,32-,33-,34-,35+,36-,37-,38-,39-,40+,41-,42-,43-,44-,45+,46+,47+,48-,49+,50+,51+,52-,53-,54-,55-,56-,57+,58+,59+,60+,61-,62-,63+,64-,65+,66-,67+,68+,69-,71+/m1/s1. The van der Waals surface area contributed by atoms with E-state index in [1.54, 1.807) is 0 Å². The molecule has 746 valence electrons. The summed E-state index contributed by atoms with van der Waals surface area (Å²) in [4.78, 5) is 64.6. The quantitative estimate of drug-likeness (QED) is 0.0280. The number of aliphatic carboxylic acids is 1. The van der Waals surface area contributed by atoms with Crippen LogP contribution in [0.15, 0.2) is 0 Å². The van der Waals surface area contributed by atoms with Gasteiger partial charge in [0.15, 0.2) is 56.6 Å². The molecule has 10 saturated heterocycles. The lowest BCUT2D eigenvalue weighted by molar-refractivity contribution is -0.400. The van der Waals surface area contributed by atoms with Crippen molar-refractivity contribution in [1.82, 2.24) is 21.3 Å². The molecular weight excluding hydrogens is 1770 g/mol. The van der Waals surface area contributed by atoms with Crippen LogP contribution in [0.5, 0.6) is 0 Å². The Morgan fingerprint density at radius 1 is 0.349 bits per heavy atom. The Morgan fingerprint density at radius 3 is 1.21 bits per heavy atom. The third-order valence-corrected chi connectivity index (χ3v) is 23.5. The molecule has 0 bridgehead atoms. The summed E-state index contributed by atoms with van der Waals surface area (Å²) >= 11 is 0. The largest absolute Gasteiger partial charge is 0.477 e. The number of carboxylic acids is 1. The van der Waals surface area contributed by atoms with E-state index in [9.17, 15) is 177 Å². The lowest BCUT2D eigenvalue weighted by Gasteiger charge is -2.51. The number of carbonyl (C=O) groups is 5. The Morgan fingerprint density at radius 2 is 0.713 bits per heavy atom. The monoisotopic (exact) mass is 1890 g/mol. The van der Waals surface area contributed by atoms with Gasteiger partial charge in [0.05, 0.1) is 77.7 Å². The number of carbonyl (C=O) groups excluding carboxylic acids is 4. The van der Waals surface area contributed by atoms with E-state index in [-0.39, 0.29) is 0 Å². The minimum atomic E-state index is -3.39. The fourth-order valence-electron chi connectivity index (χ4n) is 16.5. The van der Waals surface area contributed by atoms with E-state index in [0.717, 1.165) is 20.8 Å². The van der Waals surface area contributed by atoms with Gasteiger partial charge in [0, 0.05) is 27.2 Å². The maximum Gasteiger partial charge on any atom is 0.364 e. The van der Waals surface area contributed by atoms with Crippen LogP contribution >= 0.6 is 0 Å². The molecule has 58 nitrogen and oxygen atoms in total. The third kappa shape index (κ3) is 23.5. The Bertz CT molecular complexity index is 3550. The molecule has 0 aromatic rings. The Kier molecular flexibility index (Phi) is 38.0. The summed E-state index contributed by atoms with van der Waals surface area (Å²) in [5, 5.41) is 343. The van der Waals surface area contributed by atoms with Crippen LogP contribution in [0.4, 0.5) is 0 Å². The van der Waals surface area contributed by atoms with Crippen molar-refractivity contribution in [2.75, 3.05) is 66.1 Å². The molecule has 58 heteroatoms. The average molecular weight is 1890 g/mol. The topological polar surface area (TPSA) is 916 Å². The molecule has 0 unspecified atom stereocenters. The predicted molar refractivity (Wildman–Crippen MR) is 393 cm³/mol. The molecule has 51 atom stereocenters. The summed E-state index contributed by atoms with van der Waals surface area (Å²) in [6.45, 7) is -7.82. The number of rotatable bonds is 35. The SMILES string of the molecule is CC(=O)N[C@@H]1[C@@H](O)[C@H](O[C@H]2O[C@H](CO)[C@@H](O[C@@H]3O[C@H](CO[C@H]4O[C@H](CO)[C@@H](O)[C@H](O[C@H]5O[C@H](CO)[C@@H](O)[C@H](O)[C@@H]5O)[C@@H]4O)[C@@H](O)[C@H](O[C@H]4O[C@H](CO)[C@@H](O)[C@H](O)[C@@H]4O[C@@H]4O[C@H](CO)[C@@H](O[C@@H]5O[C@H](CO)[C@H](O)[C@H](O[C@]6(C(=O)O)C[C@H](O)[C@@H](NC(=O)CO)[C@H]([C@H](O)[C@H](O)CO)O6)[C@H]5O)[C@H](O)[C@H]4NC(C)=O)[C@@H]3O)[C@H](O)[C@H]2NC(C)=O)[C@@H](CO[C@@H]2O[C@H](C)[C@H](O)[C@H](O)[C@H]2O)O[C@H]1O. The van der Waals surface area contributed by atoms with Crippen LogP contribution < -0.4 is 21.3 Å².